The van der Waals surface area contributed by atoms with Crippen LogP contribution in [0.5, 0.6) is 5.75 Å². The van der Waals surface area contributed by atoms with Crippen LogP contribution < -0.4 is 10.3 Å². The average molecular weight is 347 g/mol. The second-order valence-corrected chi connectivity index (χ2v) is 5.28. The first kappa shape index (κ1) is 13.7. The zero-order chi connectivity index (χ0) is 14.8. The zero-order valence-electron chi connectivity index (χ0n) is 11.1. The minimum absolute atomic E-state index is 0.202. The molecule has 3 rings (SSSR count). The van der Waals surface area contributed by atoms with E-state index in [4.69, 9.17) is 4.74 Å². The second-order valence-electron chi connectivity index (χ2n) is 4.43. The fourth-order valence-electron chi connectivity index (χ4n) is 1.95. The monoisotopic (exact) mass is 346 g/mol. The summed E-state index contributed by atoms with van der Waals surface area (Å²) in [6, 6.07) is 5.21. The van der Waals surface area contributed by atoms with Crippen molar-refractivity contribution in [3.05, 3.63) is 57.6 Å². The fourth-order valence-corrected chi connectivity index (χ4v) is 2.38. The average Bonchev–Trinajstić information content (AvgIpc) is 2.50. The largest absolute Gasteiger partial charge is 0.483 e. The molecular formula is C14H11BrN4O2. The van der Waals surface area contributed by atoms with Gasteiger partial charge in [-0.15, -0.1) is 0 Å². The van der Waals surface area contributed by atoms with E-state index in [2.05, 4.69) is 35.9 Å². The van der Waals surface area contributed by atoms with E-state index in [0.717, 1.165) is 10.2 Å². The Morgan fingerprint density at radius 2 is 2.19 bits per heavy atom. The van der Waals surface area contributed by atoms with E-state index in [9.17, 15) is 4.79 Å². The molecule has 1 atom stereocenters. The Morgan fingerprint density at radius 1 is 1.33 bits per heavy atom. The van der Waals surface area contributed by atoms with Crippen LogP contribution in [0.15, 0.2) is 46.3 Å². The lowest BCUT2D eigenvalue weighted by molar-refractivity contribution is 0.220. The number of nitrogens with one attached hydrogen (secondary N) is 1. The van der Waals surface area contributed by atoms with E-state index in [1.54, 1.807) is 24.4 Å². The summed E-state index contributed by atoms with van der Waals surface area (Å²) in [4.78, 5) is 26.5. The molecule has 7 heteroatoms. The fraction of sp³-hybridized carbons (Fsp3) is 0.143. The van der Waals surface area contributed by atoms with Gasteiger partial charge in [-0.2, -0.15) is 0 Å². The number of hydrogen-bond acceptors (Lipinski definition) is 5. The number of halogens is 1. The molecule has 1 N–H and O–H groups in total. The van der Waals surface area contributed by atoms with Gasteiger partial charge in [-0.25, -0.2) is 15.0 Å². The third kappa shape index (κ3) is 2.78. The van der Waals surface area contributed by atoms with Crippen LogP contribution in [-0.2, 0) is 0 Å². The smallest absolute Gasteiger partial charge is 0.258 e. The standard InChI is InChI=1S/C14H11BrN4O2/c1-8(11-2-3-16-6-17-11)21-13-4-9-12(5-10(13)15)18-7-19-14(9)20/h2-8H,1H3,(H,18,19,20). The lowest BCUT2D eigenvalue weighted by Crippen LogP contribution is -2.09. The summed E-state index contributed by atoms with van der Waals surface area (Å²) in [5, 5.41) is 0.477. The predicted octanol–water partition coefficient (Wildman–Crippen LogP) is 2.62. The van der Waals surface area contributed by atoms with E-state index >= 15 is 0 Å². The van der Waals surface area contributed by atoms with Crippen molar-refractivity contribution in [2.75, 3.05) is 0 Å². The Balaban J connectivity index is 1.99. The van der Waals surface area contributed by atoms with E-state index in [1.807, 2.05) is 6.92 Å². The minimum Gasteiger partial charge on any atom is -0.483 e. The summed E-state index contributed by atoms with van der Waals surface area (Å²) in [7, 11) is 0. The molecule has 1 aromatic carbocycles. The maximum atomic E-state index is 11.8. The molecule has 0 spiro atoms. The van der Waals surface area contributed by atoms with Crippen LogP contribution in [0.4, 0.5) is 0 Å². The lowest BCUT2D eigenvalue weighted by atomic mass is 10.2. The van der Waals surface area contributed by atoms with Gasteiger partial charge in [0.05, 0.1) is 27.4 Å². The molecule has 0 fully saturated rings. The number of hydrogen-bond donors (Lipinski definition) is 1. The van der Waals surface area contributed by atoms with Gasteiger partial charge in [-0.3, -0.25) is 4.79 Å². The molecule has 0 aliphatic carbocycles. The molecular weight excluding hydrogens is 336 g/mol. The first-order valence-corrected chi connectivity index (χ1v) is 7.04. The summed E-state index contributed by atoms with van der Waals surface area (Å²) >= 11 is 3.43. The van der Waals surface area contributed by atoms with Gasteiger partial charge >= 0.3 is 0 Å². The van der Waals surface area contributed by atoms with Crippen LogP contribution in [0.25, 0.3) is 10.9 Å². The molecule has 0 saturated heterocycles. The van der Waals surface area contributed by atoms with Gasteiger partial charge in [0.25, 0.3) is 5.56 Å². The van der Waals surface area contributed by atoms with Crippen molar-refractivity contribution in [2.24, 2.45) is 0 Å². The number of aromatic nitrogens is 4. The van der Waals surface area contributed by atoms with Crippen LogP contribution in [-0.4, -0.2) is 19.9 Å². The molecule has 0 aliphatic rings. The van der Waals surface area contributed by atoms with Gasteiger partial charge in [-0.05, 0) is 41.1 Å². The van der Waals surface area contributed by atoms with Gasteiger partial charge in [0, 0.05) is 6.20 Å². The summed E-state index contributed by atoms with van der Waals surface area (Å²) in [5.74, 6) is 0.562. The Labute approximate surface area is 128 Å². The van der Waals surface area contributed by atoms with Crippen LogP contribution in [0.2, 0.25) is 0 Å². The van der Waals surface area contributed by atoms with Crippen LogP contribution in [0.3, 0.4) is 0 Å². The molecule has 1 unspecified atom stereocenters. The van der Waals surface area contributed by atoms with E-state index < -0.39 is 0 Å². The van der Waals surface area contributed by atoms with Gasteiger partial charge < -0.3 is 9.72 Å². The predicted molar refractivity (Wildman–Crippen MR) is 81.1 cm³/mol. The summed E-state index contributed by atoms with van der Waals surface area (Å²) in [6.07, 6.45) is 4.24. The Kier molecular flexibility index (Phi) is 3.66. The van der Waals surface area contributed by atoms with Crippen LogP contribution in [0, 0.1) is 0 Å². The highest BCUT2D eigenvalue weighted by Crippen LogP contribution is 2.31. The van der Waals surface area contributed by atoms with Gasteiger partial charge in [0.15, 0.2) is 0 Å². The Morgan fingerprint density at radius 3 is 2.95 bits per heavy atom. The van der Waals surface area contributed by atoms with Crippen molar-refractivity contribution in [2.45, 2.75) is 13.0 Å². The van der Waals surface area contributed by atoms with Crippen molar-refractivity contribution in [3.8, 4) is 5.75 Å². The first-order chi connectivity index (χ1) is 10.1. The van der Waals surface area contributed by atoms with E-state index in [0.29, 0.717) is 16.7 Å². The van der Waals surface area contributed by atoms with E-state index in [1.165, 1.54) is 12.7 Å². The molecule has 0 saturated carbocycles. The third-order valence-electron chi connectivity index (χ3n) is 3.02. The molecule has 21 heavy (non-hydrogen) atoms. The molecule has 2 heterocycles. The van der Waals surface area contributed by atoms with E-state index in [-0.39, 0.29) is 11.7 Å². The lowest BCUT2D eigenvalue weighted by Gasteiger charge is -2.15. The van der Waals surface area contributed by atoms with Gasteiger partial charge in [-0.1, -0.05) is 0 Å². The van der Waals surface area contributed by atoms with Crippen LogP contribution in [0.1, 0.15) is 18.7 Å². The molecule has 3 aromatic rings. The zero-order valence-corrected chi connectivity index (χ0v) is 12.7. The van der Waals surface area contributed by atoms with Gasteiger partial charge in [0.1, 0.15) is 18.2 Å². The van der Waals surface area contributed by atoms with Crippen molar-refractivity contribution >= 4 is 26.8 Å². The number of ether oxygens (including phenoxy) is 1. The quantitative estimate of drug-likeness (QED) is 0.788. The molecule has 2 aromatic heterocycles. The summed E-state index contributed by atoms with van der Waals surface area (Å²) in [6.45, 7) is 1.88. The second kappa shape index (κ2) is 5.61. The highest BCUT2D eigenvalue weighted by atomic mass is 79.9. The maximum absolute atomic E-state index is 11.8. The van der Waals surface area contributed by atoms with Crippen molar-refractivity contribution in [1.82, 2.24) is 19.9 Å². The summed E-state index contributed by atoms with van der Waals surface area (Å²) < 4.78 is 6.61. The highest BCUT2D eigenvalue weighted by molar-refractivity contribution is 9.10. The number of H-pyrrole nitrogens is 1. The van der Waals surface area contributed by atoms with Crippen LogP contribution >= 0.6 is 15.9 Å². The number of fused-ring (bicyclic) bond motifs is 1. The maximum Gasteiger partial charge on any atom is 0.258 e. The molecule has 6 nitrogen and oxygen atoms in total. The van der Waals surface area contributed by atoms with Crippen molar-refractivity contribution in [1.29, 1.82) is 0 Å². The molecule has 0 aliphatic heterocycles. The third-order valence-corrected chi connectivity index (χ3v) is 3.64. The molecule has 0 radical (unpaired) electrons. The number of aromatic amines is 1. The SMILES string of the molecule is CC(Oc1cc2c(=O)[nH]cnc2cc1Br)c1ccncn1. The minimum atomic E-state index is -0.266. The molecule has 0 amide bonds. The number of benzene rings is 1. The molecule has 0 bridgehead atoms. The number of rotatable bonds is 3. The Hall–Kier alpha value is -2.28. The summed E-state index contributed by atoms with van der Waals surface area (Å²) in [5.41, 5.74) is 1.16. The topological polar surface area (TPSA) is 80.8 Å². The van der Waals surface area contributed by atoms with Gasteiger partial charge in [0.2, 0.25) is 0 Å². The van der Waals surface area contributed by atoms with Crippen molar-refractivity contribution in [3.63, 3.8) is 0 Å². The van der Waals surface area contributed by atoms with Crippen molar-refractivity contribution < 1.29 is 4.74 Å². The Bertz CT molecular complexity index is 835. The normalized spacial score (nSPS) is 12.3. The number of nitrogens with zero attached hydrogens (tertiary/aromatic N) is 3. The molecule has 106 valence electrons. The first-order valence-electron chi connectivity index (χ1n) is 6.24. The highest BCUT2D eigenvalue weighted by Gasteiger charge is 2.13.